The van der Waals surface area contributed by atoms with Crippen molar-refractivity contribution < 1.29 is 0 Å². The van der Waals surface area contributed by atoms with Crippen LogP contribution in [0.3, 0.4) is 0 Å². The van der Waals surface area contributed by atoms with Crippen molar-refractivity contribution in [2.75, 3.05) is 19.3 Å². The number of anilines is 1. The van der Waals surface area contributed by atoms with Gasteiger partial charge in [-0.05, 0) is 56.1 Å². The van der Waals surface area contributed by atoms with Gasteiger partial charge >= 0.3 is 0 Å². The number of hydrogen-bond acceptors (Lipinski definition) is 2. The van der Waals surface area contributed by atoms with Crippen LogP contribution in [0.5, 0.6) is 0 Å². The fourth-order valence-electron chi connectivity index (χ4n) is 2.52. The summed E-state index contributed by atoms with van der Waals surface area (Å²) in [4.78, 5) is 2.34. The summed E-state index contributed by atoms with van der Waals surface area (Å²) in [6.45, 7) is 6.33. The molecule has 2 N–H and O–H groups in total. The van der Waals surface area contributed by atoms with Crippen molar-refractivity contribution in [1.82, 2.24) is 4.90 Å². The molecule has 0 saturated heterocycles. The first-order valence-corrected chi connectivity index (χ1v) is 7.13. The largest absolute Gasteiger partial charge is 0.399 e. The van der Waals surface area contributed by atoms with Gasteiger partial charge in [0.25, 0.3) is 0 Å². The molecule has 0 saturated carbocycles. The van der Waals surface area contributed by atoms with Crippen molar-refractivity contribution in [3.8, 4) is 0 Å². The third kappa shape index (κ3) is 4.10. The number of nitrogen functional groups attached to an aromatic ring is 1. The molecule has 2 aromatic rings. The highest BCUT2D eigenvalue weighted by atomic mass is 15.1. The Kier molecular flexibility index (Phi) is 4.80. The van der Waals surface area contributed by atoms with Gasteiger partial charge in [0.05, 0.1) is 0 Å². The van der Waals surface area contributed by atoms with Crippen molar-refractivity contribution in [1.29, 1.82) is 0 Å². The minimum absolute atomic E-state index is 0.838. The molecular formula is C18H24N2. The van der Waals surface area contributed by atoms with Crippen molar-refractivity contribution >= 4 is 5.69 Å². The molecule has 0 fully saturated rings. The van der Waals surface area contributed by atoms with Crippen LogP contribution in [0.15, 0.2) is 42.5 Å². The van der Waals surface area contributed by atoms with Gasteiger partial charge < -0.3 is 10.6 Å². The third-order valence-electron chi connectivity index (χ3n) is 3.66. The Morgan fingerprint density at radius 3 is 2.55 bits per heavy atom. The van der Waals surface area contributed by atoms with Gasteiger partial charge in [0, 0.05) is 18.8 Å². The van der Waals surface area contributed by atoms with Crippen LogP contribution in [0.1, 0.15) is 22.3 Å². The molecule has 0 aliphatic carbocycles. The molecule has 20 heavy (non-hydrogen) atoms. The molecule has 2 aromatic carbocycles. The molecule has 0 aromatic heterocycles. The SMILES string of the molecule is Cc1ccc(CCN(C)Cc2cccc(N)c2)c(C)c1. The van der Waals surface area contributed by atoms with Gasteiger partial charge in [-0.1, -0.05) is 35.9 Å². The van der Waals surface area contributed by atoms with Crippen molar-refractivity contribution in [3.63, 3.8) is 0 Å². The lowest BCUT2D eigenvalue weighted by molar-refractivity contribution is 0.331. The number of nitrogens with zero attached hydrogens (tertiary/aromatic N) is 1. The quantitative estimate of drug-likeness (QED) is 0.840. The van der Waals surface area contributed by atoms with E-state index in [4.69, 9.17) is 5.73 Å². The van der Waals surface area contributed by atoms with Crippen molar-refractivity contribution in [3.05, 3.63) is 64.7 Å². The zero-order valence-corrected chi connectivity index (χ0v) is 12.7. The maximum atomic E-state index is 5.81. The first kappa shape index (κ1) is 14.6. The highest BCUT2D eigenvalue weighted by molar-refractivity contribution is 5.40. The summed E-state index contributed by atoms with van der Waals surface area (Å²) in [6, 6.07) is 14.8. The van der Waals surface area contributed by atoms with E-state index in [-0.39, 0.29) is 0 Å². The van der Waals surface area contributed by atoms with E-state index in [0.717, 1.165) is 25.2 Å². The summed E-state index contributed by atoms with van der Waals surface area (Å²) in [5, 5.41) is 0. The van der Waals surface area contributed by atoms with E-state index in [1.165, 1.54) is 22.3 Å². The Morgan fingerprint density at radius 1 is 1.05 bits per heavy atom. The number of likely N-dealkylation sites (N-methyl/N-ethyl adjacent to an activating group) is 1. The molecule has 0 atom stereocenters. The van der Waals surface area contributed by atoms with E-state index in [9.17, 15) is 0 Å². The van der Waals surface area contributed by atoms with Gasteiger partial charge in [0.2, 0.25) is 0 Å². The maximum absolute atomic E-state index is 5.81. The Morgan fingerprint density at radius 2 is 1.85 bits per heavy atom. The van der Waals surface area contributed by atoms with E-state index < -0.39 is 0 Å². The number of hydrogen-bond donors (Lipinski definition) is 1. The standard InChI is InChI=1S/C18H24N2/c1-14-7-8-17(15(2)11-14)9-10-20(3)13-16-5-4-6-18(19)12-16/h4-8,11-12H,9-10,13,19H2,1-3H3. The normalized spacial score (nSPS) is 11.0. The second-order valence-corrected chi connectivity index (χ2v) is 5.66. The van der Waals surface area contributed by atoms with Crippen LogP contribution < -0.4 is 5.73 Å². The van der Waals surface area contributed by atoms with Crippen molar-refractivity contribution in [2.45, 2.75) is 26.8 Å². The predicted molar refractivity (Wildman–Crippen MR) is 86.8 cm³/mol. The Balaban J connectivity index is 1.90. The summed E-state index contributed by atoms with van der Waals surface area (Å²) in [6.07, 6.45) is 1.09. The Hall–Kier alpha value is -1.80. The Bertz CT molecular complexity index is 575. The smallest absolute Gasteiger partial charge is 0.0317 e. The highest BCUT2D eigenvalue weighted by Gasteiger charge is 2.03. The molecule has 0 spiro atoms. The van der Waals surface area contributed by atoms with Crippen LogP contribution >= 0.6 is 0 Å². The summed E-state index contributed by atoms with van der Waals surface area (Å²) in [5.74, 6) is 0. The molecule has 0 aliphatic heterocycles. The first-order chi connectivity index (χ1) is 9.54. The van der Waals surface area contributed by atoms with Crippen LogP contribution in [-0.2, 0) is 13.0 Å². The molecule has 2 heteroatoms. The fourth-order valence-corrected chi connectivity index (χ4v) is 2.52. The predicted octanol–water partition coefficient (Wildman–Crippen LogP) is 3.56. The summed E-state index contributed by atoms with van der Waals surface area (Å²) in [5.41, 5.74) is 12.1. The lowest BCUT2D eigenvalue weighted by Gasteiger charge is -2.17. The monoisotopic (exact) mass is 268 g/mol. The Labute approximate surface area is 122 Å². The molecule has 106 valence electrons. The molecular weight excluding hydrogens is 244 g/mol. The molecule has 0 aliphatic rings. The van der Waals surface area contributed by atoms with Crippen LogP contribution in [0.4, 0.5) is 5.69 Å². The summed E-state index contributed by atoms with van der Waals surface area (Å²) >= 11 is 0. The van der Waals surface area contributed by atoms with Gasteiger partial charge in [0.15, 0.2) is 0 Å². The van der Waals surface area contributed by atoms with Crippen LogP contribution in [0.25, 0.3) is 0 Å². The molecule has 0 unspecified atom stereocenters. The lowest BCUT2D eigenvalue weighted by Crippen LogP contribution is -2.21. The van der Waals surface area contributed by atoms with Crippen LogP contribution in [-0.4, -0.2) is 18.5 Å². The molecule has 0 radical (unpaired) electrons. The lowest BCUT2D eigenvalue weighted by atomic mass is 10.0. The minimum atomic E-state index is 0.838. The van der Waals surface area contributed by atoms with E-state index in [1.807, 2.05) is 18.2 Å². The van der Waals surface area contributed by atoms with Crippen LogP contribution in [0.2, 0.25) is 0 Å². The average molecular weight is 268 g/mol. The second-order valence-electron chi connectivity index (χ2n) is 5.66. The molecule has 0 bridgehead atoms. The first-order valence-electron chi connectivity index (χ1n) is 7.13. The maximum Gasteiger partial charge on any atom is 0.0317 e. The third-order valence-corrected chi connectivity index (χ3v) is 3.66. The number of benzene rings is 2. The topological polar surface area (TPSA) is 29.3 Å². The van der Waals surface area contributed by atoms with Gasteiger partial charge in [-0.25, -0.2) is 0 Å². The van der Waals surface area contributed by atoms with Gasteiger partial charge in [0.1, 0.15) is 0 Å². The van der Waals surface area contributed by atoms with E-state index >= 15 is 0 Å². The van der Waals surface area contributed by atoms with Gasteiger partial charge in [-0.3, -0.25) is 0 Å². The zero-order chi connectivity index (χ0) is 14.5. The van der Waals surface area contributed by atoms with Crippen LogP contribution in [0, 0.1) is 13.8 Å². The zero-order valence-electron chi connectivity index (χ0n) is 12.7. The summed E-state index contributed by atoms with van der Waals surface area (Å²) in [7, 11) is 2.16. The average Bonchev–Trinajstić information content (AvgIpc) is 2.37. The minimum Gasteiger partial charge on any atom is -0.399 e. The summed E-state index contributed by atoms with van der Waals surface area (Å²) < 4.78 is 0. The molecule has 2 nitrogen and oxygen atoms in total. The fraction of sp³-hybridized carbons (Fsp3) is 0.333. The second kappa shape index (κ2) is 6.58. The molecule has 0 heterocycles. The van der Waals surface area contributed by atoms with E-state index in [1.54, 1.807) is 0 Å². The van der Waals surface area contributed by atoms with Gasteiger partial charge in [-0.15, -0.1) is 0 Å². The van der Waals surface area contributed by atoms with E-state index in [2.05, 4.69) is 50.1 Å². The van der Waals surface area contributed by atoms with Gasteiger partial charge in [-0.2, -0.15) is 0 Å². The number of nitrogens with two attached hydrogens (primary N) is 1. The van der Waals surface area contributed by atoms with Crippen molar-refractivity contribution in [2.24, 2.45) is 0 Å². The molecule has 0 amide bonds. The number of rotatable bonds is 5. The highest BCUT2D eigenvalue weighted by Crippen LogP contribution is 2.13. The van der Waals surface area contributed by atoms with E-state index in [0.29, 0.717) is 0 Å². The number of aryl methyl sites for hydroxylation is 2. The molecule has 2 rings (SSSR count).